The van der Waals surface area contributed by atoms with Crippen LogP contribution in [0.4, 0.5) is 11.5 Å². The number of carbonyl (C=O) groups excluding carboxylic acids is 4. The molecular formula is C37H31N5O6S. The SMILES string of the molecule is CCOc1ccc(C(=O)COC(=O)c2ccc(N3C(=O)CC(Sc4nc(N)c(C#N)c(-c5ccc(C(C)C)cc5)c4C#N)C3=O)cc2)cc1. The number of nitrogens with zero attached hydrogens (tertiary/aromatic N) is 4. The van der Waals surface area contributed by atoms with Crippen molar-refractivity contribution in [1.29, 1.82) is 10.5 Å². The highest BCUT2D eigenvalue weighted by molar-refractivity contribution is 8.00. The first-order valence-electron chi connectivity index (χ1n) is 15.4. The van der Waals surface area contributed by atoms with Crippen LogP contribution >= 0.6 is 11.8 Å². The van der Waals surface area contributed by atoms with Gasteiger partial charge in [0.15, 0.2) is 12.4 Å². The molecule has 3 aromatic carbocycles. The van der Waals surface area contributed by atoms with E-state index >= 15 is 0 Å². The fourth-order valence-electron chi connectivity index (χ4n) is 5.26. The van der Waals surface area contributed by atoms with Crippen LogP contribution in [0, 0.1) is 22.7 Å². The summed E-state index contributed by atoms with van der Waals surface area (Å²) in [5, 5.41) is 19.3. The monoisotopic (exact) mass is 673 g/mol. The van der Waals surface area contributed by atoms with Gasteiger partial charge in [0.25, 0.3) is 0 Å². The third-order valence-electron chi connectivity index (χ3n) is 7.82. The van der Waals surface area contributed by atoms with Crippen LogP contribution in [0.3, 0.4) is 0 Å². The number of esters is 1. The van der Waals surface area contributed by atoms with Crippen LogP contribution in [0.1, 0.15) is 70.5 Å². The highest BCUT2D eigenvalue weighted by atomic mass is 32.2. The molecule has 1 saturated heterocycles. The van der Waals surface area contributed by atoms with E-state index in [4.69, 9.17) is 15.2 Å². The lowest BCUT2D eigenvalue weighted by Gasteiger charge is -2.17. The molecule has 49 heavy (non-hydrogen) atoms. The zero-order valence-corrected chi connectivity index (χ0v) is 27.7. The number of imide groups is 1. The van der Waals surface area contributed by atoms with Gasteiger partial charge in [-0.25, -0.2) is 14.7 Å². The molecule has 12 heteroatoms. The maximum Gasteiger partial charge on any atom is 0.338 e. The van der Waals surface area contributed by atoms with Crippen molar-refractivity contribution in [3.63, 3.8) is 0 Å². The Kier molecular flexibility index (Phi) is 10.4. The number of rotatable bonds is 11. The van der Waals surface area contributed by atoms with Crippen LogP contribution in [0.5, 0.6) is 5.75 Å². The number of carbonyl (C=O) groups is 4. The lowest BCUT2D eigenvalue weighted by Crippen LogP contribution is -2.31. The minimum atomic E-state index is -0.922. The van der Waals surface area contributed by atoms with Crippen molar-refractivity contribution in [2.24, 2.45) is 0 Å². The molecule has 0 saturated carbocycles. The first kappa shape index (κ1) is 34.4. The molecule has 0 aliphatic carbocycles. The number of aromatic nitrogens is 1. The second-order valence-electron chi connectivity index (χ2n) is 11.3. The molecule has 0 spiro atoms. The van der Waals surface area contributed by atoms with Gasteiger partial charge in [-0.1, -0.05) is 49.9 Å². The van der Waals surface area contributed by atoms with Gasteiger partial charge in [0.05, 0.1) is 28.7 Å². The van der Waals surface area contributed by atoms with Gasteiger partial charge in [-0.2, -0.15) is 10.5 Å². The lowest BCUT2D eigenvalue weighted by molar-refractivity contribution is -0.121. The molecule has 0 radical (unpaired) electrons. The summed E-state index contributed by atoms with van der Waals surface area (Å²) in [6.07, 6.45) is -0.175. The van der Waals surface area contributed by atoms with Gasteiger partial charge in [0.1, 0.15) is 34.3 Å². The Hall–Kier alpha value is -5.98. The average molecular weight is 674 g/mol. The molecule has 2 heterocycles. The minimum Gasteiger partial charge on any atom is -0.494 e. The van der Waals surface area contributed by atoms with E-state index in [1.165, 1.54) is 24.3 Å². The maximum atomic E-state index is 13.5. The predicted molar refractivity (Wildman–Crippen MR) is 183 cm³/mol. The van der Waals surface area contributed by atoms with Crippen LogP contribution in [0.15, 0.2) is 77.8 Å². The van der Waals surface area contributed by atoms with E-state index in [0.717, 1.165) is 22.2 Å². The van der Waals surface area contributed by atoms with E-state index in [1.54, 1.807) is 24.3 Å². The number of nitrogens with two attached hydrogens (primary N) is 1. The van der Waals surface area contributed by atoms with Gasteiger partial charge < -0.3 is 15.2 Å². The summed E-state index contributed by atoms with van der Waals surface area (Å²) in [5.74, 6) is -1.36. The number of nitriles is 2. The quantitative estimate of drug-likeness (QED) is 0.111. The largest absolute Gasteiger partial charge is 0.494 e. The Morgan fingerprint density at radius 2 is 1.59 bits per heavy atom. The summed E-state index contributed by atoms with van der Waals surface area (Å²) in [7, 11) is 0. The normalized spacial score (nSPS) is 14.0. The molecule has 11 nitrogen and oxygen atoms in total. The van der Waals surface area contributed by atoms with E-state index in [0.29, 0.717) is 29.0 Å². The summed E-state index contributed by atoms with van der Waals surface area (Å²) in [6, 6.07) is 23.8. The highest BCUT2D eigenvalue weighted by Crippen LogP contribution is 2.40. The second kappa shape index (κ2) is 14.8. The standard InChI is InChI=1S/C37H31N5O6S/c1-4-47-27-15-11-23(12-16-27)30(43)20-48-37(46)25-9-13-26(14-10-25)42-32(44)17-31(36(42)45)49-35-29(19-39)33(28(18-38)34(40)41-35)24-7-5-22(6-8-24)21(2)3/h5-16,21,31H,4,17,20H2,1-3H3,(H2,40,41). The van der Waals surface area contributed by atoms with Crippen LogP contribution in [-0.4, -0.2) is 47.0 Å². The molecule has 2 amide bonds. The van der Waals surface area contributed by atoms with E-state index in [9.17, 15) is 29.7 Å². The van der Waals surface area contributed by atoms with Crippen molar-refractivity contribution < 1.29 is 28.7 Å². The Labute approximate surface area is 287 Å². The summed E-state index contributed by atoms with van der Waals surface area (Å²) >= 11 is 0.933. The molecule has 1 unspecified atom stereocenters. The van der Waals surface area contributed by atoms with Crippen molar-refractivity contribution >= 4 is 46.8 Å². The van der Waals surface area contributed by atoms with Gasteiger partial charge in [-0.3, -0.25) is 14.4 Å². The molecule has 4 aromatic rings. The fourth-order valence-corrected chi connectivity index (χ4v) is 6.38. The third-order valence-corrected chi connectivity index (χ3v) is 9.00. The number of hydrogen-bond acceptors (Lipinski definition) is 11. The number of anilines is 2. The number of amides is 2. The number of pyridine rings is 1. The number of hydrogen-bond donors (Lipinski definition) is 1. The van der Waals surface area contributed by atoms with Gasteiger partial charge in [-0.15, -0.1) is 0 Å². The molecular weight excluding hydrogens is 643 g/mol. The number of ketones is 1. The van der Waals surface area contributed by atoms with E-state index in [2.05, 4.69) is 24.9 Å². The molecule has 246 valence electrons. The molecule has 1 aromatic heterocycles. The second-order valence-corrected chi connectivity index (χ2v) is 12.5. The van der Waals surface area contributed by atoms with Crippen molar-refractivity contribution in [2.45, 2.75) is 43.4 Å². The molecule has 5 rings (SSSR count). The van der Waals surface area contributed by atoms with E-state index in [-0.39, 0.29) is 51.3 Å². The number of benzene rings is 3. The number of Topliss-reactive ketones (excluding diaryl/α,β-unsaturated/α-hetero) is 1. The summed E-state index contributed by atoms with van der Waals surface area (Å²) in [5.41, 5.74) is 9.01. The van der Waals surface area contributed by atoms with Gasteiger partial charge in [0.2, 0.25) is 11.8 Å². The maximum absolute atomic E-state index is 13.5. The molecule has 1 aliphatic rings. The van der Waals surface area contributed by atoms with Crippen molar-refractivity contribution in [1.82, 2.24) is 4.98 Å². The Bertz CT molecular complexity index is 2010. The zero-order valence-electron chi connectivity index (χ0n) is 26.9. The smallest absolute Gasteiger partial charge is 0.338 e. The van der Waals surface area contributed by atoms with Crippen molar-refractivity contribution in [3.8, 4) is 29.0 Å². The predicted octanol–water partition coefficient (Wildman–Crippen LogP) is 6.06. The fraction of sp³-hybridized carbons (Fsp3) is 0.216. The van der Waals surface area contributed by atoms with Gasteiger partial charge >= 0.3 is 5.97 Å². The minimum absolute atomic E-state index is 0.0489. The van der Waals surface area contributed by atoms with Crippen molar-refractivity contribution in [3.05, 3.63) is 101 Å². The Balaban J connectivity index is 1.30. The molecule has 0 bridgehead atoms. The Morgan fingerprint density at radius 3 is 2.18 bits per heavy atom. The number of ether oxygens (including phenoxy) is 2. The molecule has 2 N–H and O–H groups in total. The van der Waals surface area contributed by atoms with Gasteiger partial charge in [-0.05, 0) is 72.5 Å². The Morgan fingerprint density at radius 1 is 0.959 bits per heavy atom. The van der Waals surface area contributed by atoms with E-state index in [1.807, 2.05) is 37.3 Å². The third kappa shape index (κ3) is 7.30. The number of thioether (sulfide) groups is 1. The van der Waals surface area contributed by atoms with Crippen molar-refractivity contribution in [2.75, 3.05) is 23.8 Å². The van der Waals surface area contributed by atoms with Crippen LogP contribution in [0.25, 0.3) is 11.1 Å². The van der Waals surface area contributed by atoms with E-state index < -0.39 is 29.6 Å². The molecule has 1 fully saturated rings. The summed E-state index contributed by atoms with van der Waals surface area (Å²) in [4.78, 5) is 57.0. The highest BCUT2D eigenvalue weighted by Gasteiger charge is 2.41. The lowest BCUT2D eigenvalue weighted by atomic mass is 9.94. The number of nitrogen functional groups attached to an aromatic ring is 1. The topological polar surface area (TPSA) is 176 Å². The first-order chi connectivity index (χ1) is 23.6. The van der Waals surface area contributed by atoms with Crippen LogP contribution in [-0.2, 0) is 14.3 Å². The van der Waals surface area contributed by atoms with Crippen LogP contribution < -0.4 is 15.4 Å². The molecule has 1 aliphatic heterocycles. The molecule has 1 atom stereocenters. The van der Waals surface area contributed by atoms with Gasteiger partial charge in [0, 0.05) is 17.5 Å². The van der Waals surface area contributed by atoms with Crippen LogP contribution in [0.2, 0.25) is 0 Å². The zero-order chi connectivity index (χ0) is 35.2. The summed E-state index contributed by atoms with van der Waals surface area (Å²) in [6.45, 7) is 5.98. The first-order valence-corrected chi connectivity index (χ1v) is 16.2. The summed E-state index contributed by atoms with van der Waals surface area (Å²) < 4.78 is 10.6. The average Bonchev–Trinajstić information content (AvgIpc) is 3.38.